The summed E-state index contributed by atoms with van der Waals surface area (Å²) in [5.41, 5.74) is 0.993. The highest BCUT2D eigenvalue weighted by Gasteiger charge is 2.39. The van der Waals surface area contributed by atoms with Crippen molar-refractivity contribution in [3.8, 4) is 0 Å². The Hall–Kier alpha value is -1.14. The Morgan fingerprint density at radius 1 is 1.32 bits per heavy atom. The molecule has 1 N–H and O–H groups in total. The normalized spacial score (nSPS) is 28.8. The predicted molar refractivity (Wildman–Crippen MR) is 83.8 cm³/mol. The van der Waals surface area contributed by atoms with E-state index in [0.29, 0.717) is 13.0 Å². The lowest BCUT2D eigenvalue weighted by Gasteiger charge is -2.48. The molecule has 1 aliphatic carbocycles. The van der Waals surface area contributed by atoms with E-state index in [-0.39, 0.29) is 11.4 Å². The average Bonchev–Trinajstić information content (AvgIpc) is 3.01. The number of hydrogen-bond donors (Lipinski definition) is 1. The zero-order valence-corrected chi connectivity index (χ0v) is 13.5. The summed E-state index contributed by atoms with van der Waals surface area (Å²) >= 11 is 0. The Labute approximate surface area is 132 Å². The van der Waals surface area contributed by atoms with Crippen LogP contribution in [0, 0.1) is 0 Å². The second-order valence-corrected chi connectivity index (χ2v) is 6.73. The summed E-state index contributed by atoms with van der Waals surface area (Å²) in [6.45, 7) is 6.15. The quantitative estimate of drug-likeness (QED) is 0.850. The molecule has 124 valence electrons. The molecule has 2 fully saturated rings. The van der Waals surface area contributed by atoms with Gasteiger partial charge in [0.1, 0.15) is 0 Å². The number of rotatable bonds is 4. The fourth-order valence-corrected chi connectivity index (χ4v) is 3.85. The summed E-state index contributed by atoms with van der Waals surface area (Å²) in [4.78, 5) is 20.0. The van der Waals surface area contributed by atoms with E-state index in [2.05, 4.69) is 15.4 Å². The second-order valence-electron chi connectivity index (χ2n) is 6.73. The van der Waals surface area contributed by atoms with Crippen molar-refractivity contribution in [2.24, 2.45) is 5.16 Å². The van der Waals surface area contributed by atoms with Crippen molar-refractivity contribution in [2.45, 2.75) is 57.1 Å². The van der Waals surface area contributed by atoms with Gasteiger partial charge in [-0.25, -0.2) is 0 Å². The van der Waals surface area contributed by atoms with Crippen LogP contribution in [-0.4, -0.2) is 61.0 Å². The van der Waals surface area contributed by atoms with Crippen LogP contribution in [0.4, 0.5) is 0 Å². The molecule has 6 nitrogen and oxygen atoms in total. The minimum absolute atomic E-state index is 0.0289. The molecule has 0 radical (unpaired) electrons. The number of hydrogen-bond acceptors (Lipinski definition) is 5. The molecule has 22 heavy (non-hydrogen) atoms. The number of nitrogens with zero attached hydrogens (tertiary/aromatic N) is 2. The van der Waals surface area contributed by atoms with E-state index >= 15 is 0 Å². The van der Waals surface area contributed by atoms with Crippen LogP contribution < -0.4 is 5.32 Å². The van der Waals surface area contributed by atoms with Gasteiger partial charge >= 0.3 is 0 Å². The molecule has 0 aromatic heterocycles. The smallest absolute Gasteiger partial charge is 0.264 e. The SMILES string of the molecule is CC1=NOC(C(=O)NCC2(N3CCOCC3)CCCCC2)C1. The summed E-state index contributed by atoms with van der Waals surface area (Å²) in [5.74, 6) is -0.0289. The van der Waals surface area contributed by atoms with Crippen LogP contribution in [0.15, 0.2) is 5.16 Å². The Morgan fingerprint density at radius 3 is 2.68 bits per heavy atom. The van der Waals surface area contributed by atoms with Crippen LogP contribution >= 0.6 is 0 Å². The van der Waals surface area contributed by atoms with Gasteiger partial charge in [0.05, 0.1) is 18.9 Å². The fourth-order valence-electron chi connectivity index (χ4n) is 3.85. The standard InChI is InChI=1S/C16H27N3O3/c1-13-11-14(22-18-13)15(20)17-12-16(5-3-2-4-6-16)19-7-9-21-10-8-19/h14H,2-12H2,1H3,(H,17,20). The van der Waals surface area contributed by atoms with Gasteiger partial charge in [0.15, 0.2) is 0 Å². The molecule has 1 atom stereocenters. The summed E-state index contributed by atoms with van der Waals surface area (Å²) in [6, 6.07) is 0. The molecule has 2 aliphatic heterocycles. The topological polar surface area (TPSA) is 63.2 Å². The third-order valence-electron chi connectivity index (χ3n) is 5.17. The number of oxime groups is 1. The van der Waals surface area contributed by atoms with Crippen molar-refractivity contribution in [3.63, 3.8) is 0 Å². The van der Waals surface area contributed by atoms with Gasteiger partial charge in [-0.15, -0.1) is 0 Å². The van der Waals surface area contributed by atoms with Crippen molar-refractivity contribution in [1.29, 1.82) is 0 Å². The molecule has 0 spiro atoms. The van der Waals surface area contributed by atoms with Crippen LogP contribution in [0.1, 0.15) is 45.4 Å². The summed E-state index contributed by atoms with van der Waals surface area (Å²) < 4.78 is 5.49. The highest BCUT2D eigenvalue weighted by Crippen LogP contribution is 2.34. The zero-order valence-electron chi connectivity index (χ0n) is 13.5. The van der Waals surface area contributed by atoms with Gasteiger partial charge in [-0.1, -0.05) is 24.4 Å². The van der Waals surface area contributed by atoms with Crippen molar-refractivity contribution < 1.29 is 14.4 Å². The molecule has 0 bridgehead atoms. The Balaban J connectivity index is 1.59. The van der Waals surface area contributed by atoms with E-state index in [0.717, 1.165) is 44.9 Å². The Kier molecular flexibility index (Phi) is 4.98. The second kappa shape index (κ2) is 6.96. The van der Waals surface area contributed by atoms with Gasteiger partial charge in [0.25, 0.3) is 5.91 Å². The van der Waals surface area contributed by atoms with E-state index < -0.39 is 6.10 Å². The minimum Gasteiger partial charge on any atom is -0.382 e. The highest BCUT2D eigenvalue weighted by atomic mass is 16.6. The Bertz CT molecular complexity index is 426. The van der Waals surface area contributed by atoms with Gasteiger partial charge in [0, 0.05) is 31.6 Å². The van der Waals surface area contributed by atoms with Crippen molar-refractivity contribution >= 4 is 11.6 Å². The third kappa shape index (κ3) is 3.43. The molecule has 2 heterocycles. The third-order valence-corrected chi connectivity index (χ3v) is 5.17. The summed E-state index contributed by atoms with van der Waals surface area (Å²) in [6.07, 6.45) is 6.29. The first-order valence-electron chi connectivity index (χ1n) is 8.49. The monoisotopic (exact) mass is 309 g/mol. The van der Waals surface area contributed by atoms with E-state index in [1.807, 2.05) is 6.92 Å². The lowest BCUT2D eigenvalue weighted by molar-refractivity contribution is -0.132. The lowest BCUT2D eigenvalue weighted by atomic mass is 9.79. The van der Waals surface area contributed by atoms with E-state index in [9.17, 15) is 4.79 Å². The molecule has 3 aliphatic rings. The van der Waals surface area contributed by atoms with Crippen molar-refractivity contribution in [1.82, 2.24) is 10.2 Å². The van der Waals surface area contributed by atoms with E-state index in [4.69, 9.17) is 9.57 Å². The predicted octanol–water partition coefficient (Wildman–Crippen LogP) is 1.30. The van der Waals surface area contributed by atoms with Crippen LogP contribution in [-0.2, 0) is 14.4 Å². The summed E-state index contributed by atoms with van der Waals surface area (Å²) in [7, 11) is 0. The largest absolute Gasteiger partial charge is 0.382 e. The maximum atomic E-state index is 12.3. The highest BCUT2D eigenvalue weighted by molar-refractivity contribution is 5.91. The van der Waals surface area contributed by atoms with Gasteiger partial charge in [-0.3, -0.25) is 9.69 Å². The van der Waals surface area contributed by atoms with E-state index in [1.165, 1.54) is 19.3 Å². The maximum absolute atomic E-state index is 12.3. The fraction of sp³-hybridized carbons (Fsp3) is 0.875. The van der Waals surface area contributed by atoms with E-state index in [1.54, 1.807) is 0 Å². The molecule has 6 heteroatoms. The van der Waals surface area contributed by atoms with Crippen LogP contribution in [0.5, 0.6) is 0 Å². The number of amides is 1. The van der Waals surface area contributed by atoms with Crippen molar-refractivity contribution in [3.05, 3.63) is 0 Å². The van der Waals surface area contributed by atoms with Gasteiger partial charge in [0.2, 0.25) is 6.10 Å². The minimum atomic E-state index is -0.440. The lowest BCUT2D eigenvalue weighted by Crippen LogP contribution is -2.60. The Morgan fingerprint density at radius 2 is 2.05 bits per heavy atom. The van der Waals surface area contributed by atoms with Crippen LogP contribution in [0.25, 0.3) is 0 Å². The molecular formula is C16H27N3O3. The number of carbonyl (C=O) groups is 1. The maximum Gasteiger partial charge on any atom is 0.264 e. The van der Waals surface area contributed by atoms with Crippen LogP contribution in [0.2, 0.25) is 0 Å². The van der Waals surface area contributed by atoms with Gasteiger partial charge in [-0.05, 0) is 19.8 Å². The first-order chi connectivity index (χ1) is 10.7. The number of ether oxygens (including phenoxy) is 1. The summed E-state index contributed by atoms with van der Waals surface area (Å²) in [5, 5.41) is 7.00. The molecular weight excluding hydrogens is 282 g/mol. The van der Waals surface area contributed by atoms with Crippen LogP contribution in [0.3, 0.4) is 0 Å². The molecule has 3 rings (SSSR count). The first-order valence-corrected chi connectivity index (χ1v) is 8.49. The van der Waals surface area contributed by atoms with Gasteiger partial charge < -0.3 is 14.9 Å². The molecule has 1 amide bonds. The first kappa shape index (κ1) is 15.7. The molecule has 0 aromatic rings. The molecule has 1 unspecified atom stereocenters. The number of nitrogens with one attached hydrogen (secondary N) is 1. The molecule has 0 aromatic carbocycles. The zero-order chi connectivity index (χ0) is 15.4. The molecule has 1 saturated heterocycles. The number of morpholine rings is 1. The number of carbonyl (C=O) groups excluding carboxylic acids is 1. The average molecular weight is 309 g/mol. The van der Waals surface area contributed by atoms with Crippen molar-refractivity contribution in [2.75, 3.05) is 32.8 Å². The molecule has 1 saturated carbocycles. The van der Waals surface area contributed by atoms with Gasteiger partial charge in [-0.2, -0.15) is 0 Å².